The Kier molecular flexibility index (Phi) is 3.87. The summed E-state index contributed by atoms with van der Waals surface area (Å²) in [6.45, 7) is 0.720. The fourth-order valence-electron chi connectivity index (χ4n) is 1.81. The molecule has 0 saturated carbocycles. The number of carboxylic acid groups (broad SMARTS) is 1. The predicted octanol–water partition coefficient (Wildman–Crippen LogP) is 0.595. The Bertz CT molecular complexity index is 558. The molecule has 2 atom stereocenters. The highest BCUT2D eigenvalue weighted by Gasteiger charge is 2.34. The molecule has 2 unspecified atom stereocenters. The molecule has 108 valence electrons. The van der Waals surface area contributed by atoms with Gasteiger partial charge in [-0.3, -0.25) is 4.79 Å². The minimum Gasteiger partial charge on any atom is -0.480 e. The standard InChI is InChI=1S/C13H14ClNO5/c1-13(19,12(17)18)6-15-11(16)10-5-7-4-8(14)2-3-9(7)20-10/h2-4,10,19H,5-6H2,1H3,(H,15,16)(H,17,18). The average Bonchev–Trinajstić information content (AvgIpc) is 2.78. The van der Waals surface area contributed by atoms with Gasteiger partial charge in [-0.1, -0.05) is 11.6 Å². The second kappa shape index (κ2) is 5.30. The van der Waals surface area contributed by atoms with Crippen molar-refractivity contribution in [2.24, 2.45) is 0 Å². The fourth-order valence-corrected chi connectivity index (χ4v) is 2.01. The Labute approximate surface area is 120 Å². The molecule has 1 aromatic carbocycles. The topological polar surface area (TPSA) is 95.9 Å². The lowest BCUT2D eigenvalue weighted by atomic mass is 10.1. The summed E-state index contributed by atoms with van der Waals surface area (Å²) in [6.07, 6.45) is -0.384. The van der Waals surface area contributed by atoms with E-state index < -0.39 is 30.1 Å². The SMILES string of the molecule is CC(O)(CNC(=O)C1Cc2cc(Cl)ccc2O1)C(=O)O. The van der Waals surface area contributed by atoms with E-state index >= 15 is 0 Å². The number of fused-ring (bicyclic) bond motifs is 1. The lowest BCUT2D eigenvalue weighted by Gasteiger charge is -2.19. The molecule has 1 aliphatic heterocycles. The summed E-state index contributed by atoms with van der Waals surface area (Å²) in [6, 6.07) is 5.06. The van der Waals surface area contributed by atoms with Crippen LogP contribution in [0.3, 0.4) is 0 Å². The highest BCUT2D eigenvalue weighted by Crippen LogP contribution is 2.31. The zero-order valence-corrected chi connectivity index (χ0v) is 11.5. The number of halogens is 1. The molecule has 1 aromatic rings. The molecule has 20 heavy (non-hydrogen) atoms. The molecule has 0 bridgehead atoms. The predicted molar refractivity (Wildman–Crippen MR) is 70.8 cm³/mol. The number of hydrogen-bond acceptors (Lipinski definition) is 4. The zero-order valence-electron chi connectivity index (χ0n) is 10.7. The Morgan fingerprint density at radius 1 is 1.55 bits per heavy atom. The molecule has 2 rings (SSSR count). The summed E-state index contributed by atoms with van der Waals surface area (Å²) < 4.78 is 5.45. The summed E-state index contributed by atoms with van der Waals surface area (Å²) in [5.41, 5.74) is -1.19. The third-order valence-corrected chi connectivity index (χ3v) is 3.29. The van der Waals surface area contributed by atoms with Crippen LogP contribution in [0.5, 0.6) is 5.75 Å². The number of amides is 1. The number of aliphatic hydroxyl groups is 1. The summed E-state index contributed by atoms with van der Waals surface area (Å²) in [7, 11) is 0. The fraction of sp³-hybridized carbons (Fsp3) is 0.385. The van der Waals surface area contributed by atoms with Gasteiger partial charge in [0.25, 0.3) is 5.91 Å². The number of rotatable bonds is 4. The van der Waals surface area contributed by atoms with Crippen molar-refractivity contribution >= 4 is 23.5 Å². The van der Waals surface area contributed by atoms with E-state index in [1.807, 2.05) is 0 Å². The van der Waals surface area contributed by atoms with E-state index in [2.05, 4.69) is 5.32 Å². The number of ether oxygens (including phenoxy) is 1. The first kappa shape index (κ1) is 14.6. The van der Waals surface area contributed by atoms with Crippen LogP contribution in [0, 0.1) is 0 Å². The molecule has 0 saturated heterocycles. The van der Waals surface area contributed by atoms with E-state index in [-0.39, 0.29) is 0 Å². The van der Waals surface area contributed by atoms with Crippen molar-refractivity contribution in [1.29, 1.82) is 0 Å². The van der Waals surface area contributed by atoms with Gasteiger partial charge in [0.1, 0.15) is 5.75 Å². The molecule has 1 amide bonds. The van der Waals surface area contributed by atoms with Gasteiger partial charge in [-0.25, -0.2) is 4.79 Å². The normalized spacial score (nSPS) is 19.6. The van der Waals surface area contributed by atoms with Crippen molar-refractivity contribution in [1.82, 2.24) is 5.32 Å². The van der Waals surface area contributed by atoms with E-state index in [1.165, 1.54) is 0 Å². The first-order chi connectivity index (χ1) is 9.29. The van der Waals surface area contributed by atoms with Crippen molar-refractivity contribution in [3.05, 3.63) is 28.8 Å². The van der Waals surface area contributed by atoms with Crippen LogP contribution in [0.2, 0.25) is 5.02 Å². The largest absolute Gasteiger partial charge is 0.480 e. The number of carboxylic acids is 1. The van der Waals surface area contributed by atoms with Gasteiger partial charge in [-0.2, -0.15) is 0 Å². The Hall–Kier alpha value is -1.79. The quantitative estimate of drug-likeness (QED) is 0.756. The van der Waals surface area contributed by atoms with Crippen molar-refractivity contribution < 1.29 is 24.5 Å². The molecule has 6 nitrogen and oxygen atoms in total. The molecule has 3 N–H and O–H groups in total. The second-order valence-electron chi connectivity index (χ2n) is 4.86. The molecule has 0 radical (unpaired) electrons. The maximum absolute atomic E-state index is 11.9. The molecular formula is C13H14ClNO5. The Morgan fingerprint density at radius 3 is 2.90 bits per heavy atom. The summed E-state index contributed by atoms with van der Waals surface area (Å²) in [5, 5.41) is 21.2. The number of benzene rings is 1. The maximum Gasteiger partial charge on any atom is 0.337 e. The van der Waals surface area contributed by atoms with E-state index in [0.717, 1.165) is 12.5 Å². The maximum atomic E-state index is 11.9. The summed E-state index contributed by atoms with van der Waals surface area (Å²) in [5.74, 6) is -1.29. The molecule has 0 aliphatic carbocycles. The van der Waals surface area contributed by atoms with Gasteiger partial charge in [0, 0.05) is 11.4 Å². The first-order valence-electron chi connectivity index (χ1n) is 5.98. The highest BCUT2D eigenvalue weighted by atomic mass is 35.5. The number of carbonyl (C=O) groups excluding carboxylic acids is 1. The van der Waals surface area contributed by atoms with E-state index in [0.29, 0.717) is 17.2 Å². The summed E-state index contributed by atoms with van der Waals surface area (Å²) in [4.78, 5) is 22.6. The molecule has 0 spiro atoms. The zero-order chi connectivity index (χ0) is 14.9. The van der Waals surface area contributed by atoms with Gasteiger partial charge < -0.3 is 20.3 Å². The van der Waals surface area contributed by atoms with Gasteiger partial charge >= 0.3 is 5.97 Å². The van der Waals surface area contributed by atoms with Crippen LogP contribution in [-0.4, -0.2) is 40.3 Å². The molecule has 0 fully saturated rings. The number of aliphatic carboxylic acids is 1. The number of nitrogens with one attached hydrogen (secondary N) is 1. The molecule has 7 heteroatoms. The first-order valence-corrected chi connectivity index (χ1v) is 6.36. The minimum absolute atomic E-state index is 0.358. The van der Waals surface area contributed by atoms with Crippen LogP contribution in [0.1, 0.15) is 12.5 Å². The van der Waals surface area contributed by atoms with Gasteiger partial charge in [-0.05, 0) is 30.7 Å². The monoisotopic (exact) mass is 299 g/mol. The smallest absolute Gasteiger partial charge is 0.337 e. The van der Waals surface area contributed by atoms with Gasteiger partial charge in [0.2, 0.25) is 0 Å². The Balaban J connectivity index is 1.95. The minimum atomic E-state index is -2.01. The van der Waals surface area contributed by atoms with Gasteiger partial charge in [-0.15, -0.1) is 0 Å². The van der Waals surface area contributed by atoms with Crippen molar-refractivity contribution in [3.63, 3.8) is 0 Å². The highest BCUT2D eigenvalue weighted by molar-refractivity contribution is 6.30. The number of carbonyl (C=O) groups is 2. The summed E-state index contributed by atoms with van der Waals surface area (Å²) >= 11 is 5.85. The van der Waals surface area contributed by atoms with Crippen molar-refractivity contribution in [3.8, 4) is 5.75 Å². The van der Waals surface area contributed by atoms with Gasteiger partial charge in [0.05, 0.1) is 6.54 Å². The van der Waals surface area contributed by atoms with Crippen molar-refractivity contribution in [2.45, 2.75) is 25.0 Å². The van der Waals surface area contributed by atoms with E-state index in [9.17, 15) is 14.7 Å². The third kappa shape index (κ3) is 3.02. The van der Waals surface area contributed by atoms with Crippen molar-refractivity contribution in [2.75, 3.05) is 6.54 Å². The van der Waals surface area contributed by atoms with Crippen LogP contribution in [0.25, 0.3) is 0 Å². The van der Waals surface area contributed by atoms with Crippen LogP contribution >= 0.6 is 11.6 Å². The molecule has 1 heterocycles. The van der Waals surface area contributed by atoms with Crippen LogP contribution in [0.15, 0.2) is 18.2 Å². The second-order valence-corrected chi connectivity index (χ2v) is 5.30. The average molecular weight is 300 g/mol. The molecule has 0 aromatic heterocycles. The van der Waals surface area contributed by atoms with Gasteiger partial charge in [0.15, 0.2) is 11.7 Å². The van der Waals surface area contributed by atoms with Crippen LogP contribution < -0.4 is 10.1 Å². The lowest BCUT2D eigenvalue weighted by molar-refractivity contribution is -0.156. The number of hydrogen-bond donors (Lipinski definition) is 3. The van der Waals surface area contributed by atoms with E-state index in [1.54, 1.807) is 18.2 Å². The van der Waals surface area contributed by atoms with Crippen LogP contribution in [-0.2, 0) is 16.0 Å². The molecule has 1 aliphatic rings. The Morgan fingerprint density at radius 2 is 2.25 bits per heavy atom. The molecular weight excluding hydrogens is 286 g/mol. The van der Waals surface area contributed by atoms with E-state index in [4.69, 9.17) is 21.4 Å². The lowest BCUT2D eigenvalue weighted by Crippen LogP contribution is -2.49. The van der Waals surface area contributed by atoms with Crippen LogP contribution in [0.4, 0.5) is 0 Å². The third-order valence-electron chi connectivity index (χ3n) is 3.06.